The van der Waals surface area contributed by atoms with Crippen molar-refractivity contribution >= 4 is 5.97 Å². The molecule has 0 unspecified atom stereocenters. The molecule has 0 aliphatic heterocycles. The fraction of sp³-hybridized carbons (Fsp3) is 0.300. The summed E-state index contributed by atoms with van der Waals surface area (Å²) in [5.41, 5.74) is 3.03. The Morgan fingerprint density at radius 1 is 1.40 bits per heavy atom. The van der Waals surface area contributed by atoms with Crippen molar-refractivity contribution in [2.75, 3.05) is 7.11 Å². The second-order valence-electron chi connectivity index (χ2n) is 3.03. The fourth-order valence-electron chi connectivity index (χ4n) is 1.22. The van der Waals surface area contributed by atoms with Gasteiger partial charge in [0.05, 0.1) is 7.11 Å². The lowest BCUT2D eigenvalue weighted by Gasteiger charge is -2.25. The van der Waals surface area contributed by atoms with Gasteiger partial charge < -0.3 is 10.5 Å². The Bertz CT molecular complexity index is 343. The highest BCUT2D eigenvalue weighted by atomic mass is 19.3. The van der Waals surface area contributed by atoms with Crippen LogP contribution in [0.4, 0.5) is 8.78 Å². The van der Waals surface area contributed by atoms with E-state index in [0.29, 0.717) is 0 Å². The molecule has 0 heterocycles. The summed E-state index contributed by atoms with van der Waals surface area (Å²) < 4.78 is 29.8. The Balaban J connectivity index is 3.19. The number of esters is 1. The van der Waals surface area contributed by atoms with Crippen molar-refractivity contribution in [2.45, 2.75) is 12.0 Å². The van der Waals surface area contributed by atoms with Crippen LogP contribution in [0.3, 0.4) is 0 Å². The van der Waals surface area contributed by atoms with Crippen molar-refractivity contribution in [1.82, 2.24) is 0 Å². The molecule has 0 saturated heterocycles. The summed E-state index contributed by atoms with van der Waals surface area (Å²) >= 11 is 0. The number of carbonyl (C=O) groups is 1. The first-order valence-electron chi connectivity index (χ1n) is 4.24. The van der Waals surface area contributed by atoms with Crippen LogP contribution in [0.15, 0.2) is 30.3 Å². The van der Waals surface area contributed by atoms with Gasteiger partial charge in [-0.05, 0) is 5.56 Å². The van der Waals surface area contributed by atoms with Gasteiger partial charge >= 0.3 is 5.97 Å². The van der Waals surface area contributed by atoms with Gasteiger partial charge in [0, 0.05) is 0 Å². The predicted molar refractivity (Wildman–Crippen MR) is 50.3 cm³/mol. The molecule has 0 fully saturated rings. The smallest absolute Gasteiger partial charge is 0.336 e. The average molecular weight is 215 g/mol. The van der Waals surface area contributed by atoms with Gasteiger partial charge in [-0.25, -0.2) is 13.6 Å². The first-order valence-corrected chi connectivity index (χ1v) is 4.24. The molecule has 0 spiro atoms. The summed E-state index contributed by atoms with van der Waals surface area (Å²) in [6.07, 6.45) is -3.02. The van der Waals surface area contributed by atoms with Crippen LogP contribution < -0.4 is 5.73 Å². The van der Waals surface area contributed by atoms with E-state index in [1.54, 1.807) is 6.07 Å². The third-order valence-electron chi connectivity index (χ3n) is 2.12. The lowest BCUT2D eigenvalue weighted by Crippen LogP contribution is -2.51. The molecule has 0 bridgehead atoms. The van der Waals surface area contributed by atoms with Crippen molar-refractivity contribution in [1.29, 1.82) is 0 Å². The summed E-state index contributed by atoms with van der Waals surface area (Å²) in [6.45, 7) is 0. The zero-order chi connectivity index (χ0) is 11.5. The molecule has 15 heavy (non-hydrogen) atoms. The topological polar surface area (TPSA) is 52.3 Å². The summed E-state index contributed by atoms with van der Waals surface area (Å²) in [7, 11) is 1.02. The number of alkyl halides is 2. The van der Waals surface area contributed by atoms with Crippen molar-refractivity contribution in [3.63, 3.8) is 0 Å². The normalized spacial score (nSPS) is 14.7. The van der Waals surface area contributed by atoms with Crippen molar-refractivity contribution in [2.24, 2.45) is 5.73 Å². The molecule has 0 aliphatic rings. The monoisotopic (exact) mass is 215 g/mol. The number of ether oxygens (including phenoxy) is 1. The Morgan fingerprint density at radius 2 is 1.93 bits per heavy atom. The molecule has 1 aromatic rings. The molecule has 0 saturated carbocycles. The second kappa shape index (κ2) is 4.35. The number of halogens is 2. The third-order valence-corrected chi connectivity index (χ3v) is 2.12. The van der Waals surface area contributed by atoms with E-state index in [4.69, 9.17) is 5.73 Å². The number of nitrogens with two attached hydrogens (primary N) is 1. The molecule has 82 valence electrons. The molecular formula is C10H11F2NO2. The summed E-state index contributed by atoms with van der Waals surface area (Å²) in [4.78, 5) is 11.2. The van der Waals surface area contributed by atoms with Gasteiger partial charge in [0.25, 0.3) is 6.43 Å². The van der Waals surface area contributed by atoms with Crippen molar-refractivity contribution in [3.8, 4) is 0 Å². The molecular weight excluding hydrogens is 204 g/mol. The third kappa shape index (κ3) is 1.97. The number of hydrogen-bond acceptors (Lipinski definition) is 3. The van der Waals surface area contributed by atoms with E-state index in [1.807, 2.05) is 0 Å². The highest BCUT2D eigenvalue weighted by Gasteiger charge is 2.46. The highest BCUT2D eigenvalue weighted by molar-refractivity contribution is 5.82. The van der Waals surface area contributed by atoms with Crippen LogP contribution in [0.2, 0.25) is 0 Å². The van der Waals surface area contributed by atoms with E-state index in [2.05, 4.69) is 4.74 Å². The van der Waals surface area contributed by atoms with Crippen LogP contribution in [-0.2, 0) is 15.1 Å². The minimum atomic E-state index is -3.02. The Kier molecular flexibility index (Phi) is 3.36. The molecule has 5 heteroatoms. The predicted octanol–water partition coefficient (Wildman–Crippen LogP) is 1.28. The van der Waals surface area contributed by atoms with Crippen molar-refractivity contribution in [3.05, 3.63) is 35.9 Å². The van der Waals surface area contributed by atoms with Gasteiger partial charge in [-0.1, -0.05) is 30.3 Å². The van der Waals surface area contributed by atoms with E-state index in [-0.39, 0.29) is 5.56 Å². The lowest BCUT2D eigenvalue weighted by atomic mass is 9.91. The maximum atomic E-state index is 12.8. The van der Waals surface area contributed by atoms with E-state index in [9.17, 15) is 13.6 Å². The molecule has 2 N–H and O–H groups in total. The SMILES string of the molecule is COC(=O)[C@](N)(c1ccccc1)C(F)F. The van der Waals surface area contributed by atoms with E-state index < -0.39 is 17.9 Å². The minimum Gasteiger partial charge on any atom is -0.467 e. The molecule has 0 aliphatic carbocycles. The van der Waals surface area contributed by atoms with Gasteiger partial charge in [0.15, 0.2) is 0 Å². The van der Waals surface area contributed by atoms with Crippen LogP contribution in [-0.4, -0.2) is 19.5 Å². The van der Waals surface area contributed by atoms with Crippen molar-refractivity contribution < 1.29 is 18.3 Å². The first kappa shape index (κ1) is 11.6. The highest BCUT2D eigenvalue weighted by Crippen LogP contribution is 2.26. The number of hydrogen-bond donors (Lipinski definition) is 1. The van der Waals surface area contributed by atoms with Gasteiger partial charge in [-0.3, -0.25) is 0 Å². The number of benzene rings is 1. The minimum absolute atomic E-state index is 0.0341. The zero-order valence-corrected chi connectivity index (χ0v) is 8.11. The van der Waals surface area contributed by atoms with E-state index >= 15 is 0 Å². The Hall–Kier alpha value is -1.49. The Labute approximate surface area is 85.8 Å². The van der Waals surface area contributed by atoms with Gasteiger partial charge in [-0.15, -0.1) is 0 Å². The maximum absolute atomic E-state index is 12.8. The zero-order valence-electron chi connectivity index (χ0n) is 8.11. The summed E-state index contributed by atoms with van der Waals surface area (Å²) in [6, 6.07) is 7.43. The average Bonchev–Trinajstić information content (AvgIpc) is 2.27. The molecule has 0 aromatic heterocycles. The van der Waals surface area contributed by atoms with Crippen LogP contribution in [0, 0.1) is 0 Å². The Morgan fingerprint density at radius 3 is 2.33 bits per heavy atom. The molecule has 1 atom stereocenters. The lowest BCUT2D eigenvalue weighted by molar-refractivity contribution is -0.154. The second-order valence-corrected chi connectivity index (χ2v) is 3.03. The summed E-state index contributed by atoms with van der Waals surface area (Å²) in [5, 5.41) is 0. The largest absolute Gasteiger partial charge is 0.467 e. The standard InChI is InChI=1S/C10H11F2NO2/c1-15-9(14)10(13,8(11)12)7-5-3-2-4-6-7/h2-6,8H,13H2,1H3/t10-/m0/s1. The van der Waals surface area contributed by atoms with Crippen LogP contribution >= 0.6 is 0 Å². The molecule has 0 radical (unpaired) electrons. The maximum Gasteiger partial charge on any atom is 0.336 e. The number of methoxy groups -OCH3 is 1. The molecule has 3 nitrogen and oxygen atoms in total. The van der Waals surface area contributed by atoms with E-state index in [1.165, 1.54) is 24.3 Å². The van der Waals surface area contributed by atoms with Crippen LogP contribution in [0.5, 0.6) is 0 Å². The van der Waals surface area contributed by atoms with Crippen LogP contribution in [0.1, 0.15) is 5.56 Å². The van der Waals surface area contributed by atoms with Gasteiger partial charge in [0.2, 0.25) is 5.54 Å². The fourth-order valence-corrected chi connectivity index (χ4v) is 1.22. The van der Waals surface area contributed by atoms with E-state index in [0.717, 1.165) is 7.11 Å². The quantitative estimate of drug-likeness (QED) is 0.773. The van der Waals surface area contributed by atoms with Gasteiger partial charge in [-0.2, -0.15) is 0 Å². The first-order chi connectivity index (χ1) is 7.03. The number of carbonyl (C=O) groups excluding carboxylic acids is 1. The molecule has 0 amide bonds. The molecule has 1 aromatic carbocycles. The van der Waals surface area contributed by atoms with Crippen LogP contribution in [0.25, 0.3) is 0 Å². The van der Waals surface area contributed by atoms with Gasteiger partial charge in [0.1, 0.15) is 0 Å². The number of rotatable bonds is 3. The summed E-state index contributed by atoms with van der Waals surface area (Å²) in [5.74, 6) is -1.15. The molecule has 1 rings (SSSR count).